The van der Waals surface area contributed by atoms with Crippen LogP contribution in [-0.2, 0) is 17.8 Å². The van der Waals surface area contributed by atoms with E-state index in [0.29, 0.717) is 30.1 Å². The number of hydrogen-bond donors (Lipinski definition) is 0. The molecule has 6 heteroatoms. The van der Waals surface area contributed by atoms with Crippen LogP contribution in [-0.4, -0.2) is 27.9 Å². The van der Waals surface area contributed by atoms with E-state index in [1.807, 2.05) is 27.7 Å². The Hall–Kier alpha value is -1.62. The molecule has 0 bridgehead atoms. The number of halogens is 1. The zero-order chi connectivity index (χ0) is 15.1. The Balaban J connectivity index is 2.26. The molecule has 1 aliphatic rings. The van der Waals surface area contributed by atoms with Crippen molar-refractivity contribution < 1.29 is 14.3 Å². The van der Waals surface area contributed by atoms with Gasteiger partial charge in [0.05, 0.1) is 23.8 Å². The molecule has 0 spiro atoms. The molecular formula is C14H17ClN2O3. The van der Waals surface area contributed by atoms with Crippen molar-refractivity contribution in [2.24, 2.45) is 0 Å². The van der Waals surface area contributed by atoms with E-state index in [1.54, 1.807) is 4.90 Å². The lowest BCUT2D eigenvalue weighted by Crippen LogP contribution is -2.33. The van der Waals surface area contributed by atoms with Crippen LogP contribution in [0.1, 0.15) is 48.1 Å². The van der Waals surface area contributed by atoms with Gasteiger partial charge in [-0.25, -0.2) is 9.78 Å². The SMILES string of the molecule is Cc1c(Cl)c(C=O)nc2c1CN(C(=O)OC(C)(C)C)C2. The number of carbonyl (C=O) groups is 2. The number of pyridine rings is 1. The Kier molecular flexibility index (Phi) is 3.73. The van der Waals surface area contributed by atoms with Crippen molar-refractivity contribution in [2.75, 3.05) is 0 Å². The summed E-state index contributed by atoms with van der Waals surface area (Å²) in [6, 6.07) is 0. The average molecular weight is 297 g/mol. The summed E-state index contributed by atoms with van der Waals surface area (Å²) in [4.78, 5) is 28.8. The molecule has 108 valence electrons. The molecule has 0 radical (unpaired) electrons. The number of aromatic nitrogens is 1. The normalized spacial score (nSPS) is 14.2. The van der Waals surface area contributed by atoms with Crippen molar-refractivity contribution in [2.45, 2.75) is 46.4 Å². The highest BCUT2D eigenvalue weighted by Gasteiger charge is 2.30. The van der Waals surface area contributed by atoms with Crippen LogP contribution in [0.15, 0.2) is 0 Å². The molecule has 5 nitrogen and oxygen atoms in total. The van der Waals surface area contributed by atoms with Crippen LogP contribution in [0, 0.1) is 6.92 Å². The molecule has 0 aliphatic carbocycles. The molecule has 1 aliphatic heterocycles. The summed E-state index contributed by atoms with van der Waals surface area (Å²) in [7, 11) is 0. The lowest BCUT2D eigenvalue weighted by Gasteiger charge is -2.24. The molecule has 1 amide bonds. The van der Waals surface area contributed by atoms with Gasteiger partial charge in [-0.15, -0.1) is 0 Å². The van der Waals surface area contributed by atoms with Crippen molar-refractivity contribution in [3.63, 3.8) is 0 Å². The molecule has 0 atom stereocenters. The van der Waals surface area contributed by atoms with Crippen molar-refractivity contribution in [1.82, 2.24) is 9.88 Å². The highest BCUT2D eigenvalue weighted by atomic mass is 35.5. The lowest BCUT2D eigenvalue weighted by molar-refractivity contribution is 0.0240. The third-order valence-electron chi connectivity index (χ3n) is 3.06. The Bertz CT molecular complexity index is 579. The van der Waals surface area contributed by atoms with Crippen LogP contribution in [0.2, 0.25) is 5.02 Å². The molecule has 0 fully saturated rings. The first kappa shape index (κ1) is 14.8. The Morgan fingerprint density at radius 3 is 2.60 bits per heavy atom. The van der Waals surface area contributed by atoms with Crippen LogP contribution in [0.5, 0.6) is 0 Å². The standard InChI is InChI=1S/C14H17ClN2O3/c1-8-9-5-17(13(19)20-14(2,3)4)6-10(9)16-11(7-18)12(8)15/h7H,5-6H2,1-4H3. The smallest absolute Gasteiger partial charge is 0.410 e. The second-order valence-electron chi connectivity index (χ2n) is 5.82. The molecular weight excluding hydrogens is 280 g/mol. The summed E-state index contributed by atoms with van der Waals surface area (Å²) in [5, 5.41) is 0.352. The molecule has 0 saturated heterocycles. The number of rotatable bonds is 1. The first-order chi connectivity index (χ1) is 9.23. The summed E-state index contributed by atoms with van der Waals surface area (Å²) >= 11 is 6.08. The fourth-order valence-corrected chi connectivity index (χ4v) is 2.31. The van der Waals surface area contributed by atoms with E-state index in [2.05, 4.69) is 4.98 Å². The molecule has 0 unspecified atom stereocenters. The first-order valence-corrected chi connectivity index (χ1v) is 6.71. The number of hydrogen-bond acceptors (Lipinski definition) is 4. The van der Waals surface area contributed by atoms with Gasteiger partial charge >= 0.3 is 6.09 Å². The fourth-order valence-electron chi connectivity index (χ4n) is 2.10. The Morgan fingerprint density at radius 2 is 2.05 bits per heavy atom. The largest absolute Gasteiger partial charge is 0.444 e. The second kappa shape index (κ2) is 5.05. The zero-order valence-electron chi connectivity index (χ0n) is 12.0. The number of carbonyl (C=O) groups excluding carboxylic acids is 2. The summed E-state index contributed by atoms with van der Waals surface area (Å²) in [5.74, 6) is 0. The quantitative estimate of drug-likeness (QED) is 0.747. The monoisotopic (exact) mass is 296 g/mol. The number of fused-ring (bicyclic) bond motifs is 1. The molecule has 2 rings (SSSR count). The third kappa shape index (κ3) is 2.77. The van der Waals surface area contributed by atoms with Gasteiger partial charge in [-0.05, 0) is 38.8 Å². The minimum atomic E-state index is -0.542. The Labute approximate surface area is 122 Å². The zero-order valence-corrected chi connectivity index (χ0v) is 12.7. The predicted molar refractivity (Wildman–Crippen MR) is 74.9 cm³/mol. The van der Waals surface area contributed by atoms with Crippen LogP contribution < -0.4 is 0 Å². The molecule has 1 aromatic heterocycles. The summed E-state index contributed by atoms with van der Waals surface area (Å²) in [6.07, 6.45) is 0.241. The number of amides is 1. The Morgan fingerprint density at radius 1 is 1.40 bits per heavy atom. The van der Waals surface area contributed by atoms with Crippen LogP contribution in [0.4, 0.5) is 4.79 Å². The van der Waals surface area contributed by atoms with Gasteiger partial charge in [0.2, 0.25) is 0 Å². The van der Waals surface area contributed by atoms with E-state index in [-0.39, 0.29) is 5.69 Å². The van der Waals surface area contributed by atoms with E-state index >= 15 is 0 Å². The maximum Gasteiger partial charge on any atom is 0.410 e. The van der Waals surface area contributed by atoms with Gasteiger partial charge < -0.3 is 4.74 Å². The first-order valence-electron chi connectivity index (χ1n) is 6.34. The summed E-state index contributed by atoms with van der Waals surface area (Å²) in [5.41, 5.74) is 2.07. The van der Waals surface area contributed by atoms with Gasteiger partial charge in [-0.2, -0.15) is 0 Å². The van der Waals surface area contributed by atoms with E-state index in [0.717, 1.165) is 11.1 Å². The number of ether oxygens (including phenoxy) is 1. The average Bonchev–Trinajstić information content (AvgIpc) is 2.75. The van der Waals surface area contributed by atoms with E-state index in [9.17, 15) is 9.59 Å². The van der Waals surface area contributed by atoms with Crippen molar-refractivity contribution >= 4 is 24.0 Å². The third-order valence-corrected chi connectivity index (χ3v) is 3.54. The van der Waals surface area contributed by atoms with Gasteiger partial charge in [0, 0.05) is 0 Å². The number of aldehydes is 1. The van der Waals surface area contributed by atoms with Crippen LogP contribution in [0.3, 0.4) is 0 Å². The highest BCUT2D eigenvalue weighted by molar-refractivity contribution is 6.33. The second-order valence-corrected chi connectivity index (χ2v) is 6.19. The lowest BCUT2D eigenvalue weighted by atomic mass is 10.1. The van der Waals surface area contributed by atoms with Gasteiger partial charge in [-0.1, -0.05) is 11.6 Å². The molecule has 20 heavy (non-hydrogen) atoms. The minimum Gasteiger partial charge on any atom is -0.444 e. The summed E-state index contributed by atoms with van der Waals surface area (Å²) < 4.78 is 5.34. The molecule has 0 N–H and O–H groups in total. The maximum absolute atomic E-state index is 12.1. The summed E-state index contributed by atoms with van der Waals surface area (Å²) in [6.45, 7) is 8.02. The van der Waals surface area contributed by atoms with Gasteiger partial charge in [0.1, 0.15) is 11.3 Å². The molecule has 0 aromatic carbocycles. The minimum absolute atomic E-state index is 0.217. The van der Waals surface area contributed by atoms with Gasteiger partial charge in [-0.3, -0.25) is 9.69 Å². The molecule has 1 aromatic rings. The van der Waals surface area contributed by atoms with E-state index in [1.165, 1.54) is 0 Å². The maximum atomic E-state index is 12.1. The van der Waals surface area contributed by atoms with Crippen molar-refractivity contribution in [3.8, 4) is 0 Å². The topological polar surface area (TPSA) is 59.5 Å². The highest BCUT2D eigenvalue weighted by Crippen LogP contribution is 2.31. The van der Waals surface area contributed by atoms with Gasteiger partial charge in [0.15, 0.2) is 6.29 Å². The van der Waals surface area contributed by atoms with Gasteiger partial charge in [0.25, 0.3) is 0 Å². The number of nitrogens with zero attached hydrogens (tertiary/aromatic N) is 2. The molecule has 0 saturated carbocycles. The van der Waals surface area contributed by atoms with Crippen LogP contribution in [0.25, 0.3) is 0 Å². The van der Waals surface area contributed by atoms with Crippen molar-refractivity contribution in [3.05, 3.63) is 27.5 Å². The van der Waals surface area contributed by atoms with E-state index < -0.39 is 11.7 Å². The molecule has 2 heterocycles. The van der Waals surface area contributed by atoms with E-state index in [4.69, 9.17) is 16.3 Å². The van der Waals surface area contributed by atoms with Crippen molar-refractivity contribution in [1.29, 1.82) is 0 Å². The predicted octanol–water partition coefficient (Wildman–Crippen LogP) is 3.11. The fraction of sp³-hybridized carbons (Fsp3) is 0.500. The van der Waals surface area contributed by atoms with Crippen LogP contribution >= 0.6 is 11.6 Å².